The van der Waals surface area contributed by atoms with Crippen molar-refractivity contribution in [2.45, 2.75) is 65.3 Å². The smallest absolute Gasteiger partial charge is 0.434 e. The van der Waals surface area contributed by atoms with Crippen molar-refractivity contribution < 1.29 is 36.9 Å². The summed E-state index contributed by atoms with van der Waals surface area (Å²) in [4.78, 5) is 26.1. The van der Waals surface area contributed by atoms with Crippen molar-refractivity contribution in [2.24, 2.45) is 7.05 Å². The van der Waals surface area contributed by atoms with E-state index in [1.165, 1.54) is 22.7 Å². The molecule has 1 atom stereocenters. The largest absolute Gasteiger partial charge is 0.490 e. The maximum atomic E-state index is 15.8. The normalized spacial score (nSPS) is 14.2. The van der Waals surface area contributed by atoms with Crippen LogP contribution in [-0.4, -0.2) is 47.2 Å². The zero-order valence-corrected chi connectivity index (χ0v) is 28.8. The van der Waals surface area contributed by atoms with Crippen LogP contribution in [0, 0.1) is 19.7 Å². The molecule has 6 aromatic rings. The highest BCUT2D eigenvalue weighted by Gasteiger charge is 2.35. The highest BCUT2D eigenvalue weighted by Crippen LogP contribution is 2.46. The van der Waals surface area contributed by atoms with Gasteiger partial charge in [-0.05, 0) is 95.0 Å². The first-order valence-corrected chi connectivity index (χ1v) is 16.4. The Kier molecular flexibility index (Phi) is 8.16. The topological polar surface area (TPSA) is 104 Å². The van der Waals surface area contributed by atoms with Gasteiger partial charge in [-0.15, -0.1) is 0 Å². The van der Waals surface area contributed by atoms with Crippen LogP contribution in [0.2, 0.25) is 0 Å². The summed E-state index contributed by atoms with van der Waals surface area (Å²) in [7, 11) is 1.83. The average Bonchev–Trinajstić information content (AvgIpc) is 3.66. The number of ether oxygens (including phenoxy) is 2. The number of pyridine rings is 3. The Morgan fingerprint density at radius 3 is 2.53 bits per heavy atom. The highest BCUT2D eigenvalue weighted by molar-refractivity contribution is 6.01. The second-order valence-corrected chi connectivity index (χ2v) is 13.8. The Morgan fingerprint density at radius 1 is 1.06 bits per heavy atom. The summed E-state index contributed by atoms with van der Waals surface area (Å²) in [6.07, 6.45) is -0.632. The monoisotopic (exact) mass is 701 g/mol. The van der Waals surface area contributed by atoms with Gasteiger partial charge in [0.2, 0.25) is 0 Å². The second kappa shape index (κ2) is 12.2. The van der Waals surface area contributed by atoms with Crippen LogP contribution < -0.4 is 4.74 Å². The number of halogens is 4. The highest BCUT2D eigenvalue weighted by atomic mass is 19.4. The minimum Gasteiger partial charge on any atom is -0.490 e. The summed E-state index contributed by atoms with van der Waals surface area (Å²) in [5, 5.41) is 11.1. The summed E-state index contributed by atoms with van der Waals surface area (Å²) in [5.41, 5.74) is 4.57. The number of hydrogen-bond acceptors (Lipinski definition) is 6. The second-order valence-electron chi connectivity index (χ2n) is 13.8. The number of carboxylic acid groups (broad SMARTS) is 1. The fraction of sp³-hybridized carbons (Fsp3) is 0.316. The van der Waals surface area contributed by atoms with Gasteiger partial charge in [-0.25, -0.2) is 19.2 Å². The van der Waals surface area contributed by atoms with Gasteiger partial charge in [-0.2, -0.15) is 13.2 Å². The summed E-state index contributed by atoms with van der Waals surface area (Å²) in [5.74, 6) is -1.52. The van der Waals surface area contributed by atoms with Crippen LogP contribution in [0.4, 0.5) is 17.6 Å². The zero-order chi connectivity index (χ0) is 36.6. The molecule has 0 saturated carbocycles. The van der Waals surface area contributed by atoms with Crippen LogP contribution in [0.3, 0.4) is 0 Å². The number of benzene rings is 1. The first-order chi connectivity index (χ1) is 24.0. The number of aliphatic carboxylic acids is 1. The molecule has 264 valence electrons. The van der Waals surface area contributed by atoms with Gasteiger partial charge >= 0.3 is 12.1 Å². The molecule has 1 aromatic carbocycles. The maximum absolute atomic E-state index is 15.8. The van der Waals surface area contributed by atoms with Gasteiger partial charge in [-0.3, -0.25) is 4.98 Å². The molecule has 0 amide bonds. The molecule has 0 fully saturated rings. The molecule has 13 heteroatoms. The number of aromatic nitrogens is 5. The molecule has 1 aliphatic heterocycles. The molecule has 0 spiro atoms. The van der Waals surface area contributed by atoms with Crippen LogP contribution in [0.5, 0.6) is 5.75 Å². The van der Waals surface area contributed by atoms with Gasteiger partial charge in [0, 0.05) is 64.5 Å². The predicted molar refractivity (Wildman–Crippen MR) is 183 cm³/mol. The third-order valence-corrected chi connectivity index (χ3v) is 9.17. The Morgan fingerprint density at radius 2 is 1.82 bits per heavy atom. The number of carbonyl (C=O) groups is 1. The molecule has 51 heavy (non-hydrogen) atoms. The Hall–Kier alpha value is -5.30. The van der Waals surface area contributed by atoms with Crippen molar-refractivity contribution in [1.82, 2.24) is 23.9 Å². The third kappa shape index (κ3) is 6.09. The molecule has 0 saturated heterocycles. The number of rotatable bonds is 6. The van der Waals surface area contributed by atoms with Crippen molar-refractivity contribution in [3.63, 3.8) is 0 Å². The van der Waals surface area contributed by atoms with Gasteiger partial charge in [0.15, 0.2) is 23.4 Å². The number of hydrogen-bond donors (Lipinski definition) is 1. The molecule has 0 unspecified atom stereocenters. The number of aryl methyl sites for hydroxylation is 2. The third-order valence-electron chi connectivity index (χ3n) is 9.17. The number of fused-ring (bicyclic) bond motifs is 3. The molecular formula is C38H35F4N5O4. The van der Waals surface area contributed by atoms with Gasteiger partial charge in [-0.1, -0.05) is 0 Å². The van der Waals surface area contributed by atoms with E-state index in [9.17, 15) is 23.1 Å². The molecule has 1 N–H and O–H groups in total. The Labute approximate surface area is 290 Å². The van der Waals surface area contributed by atoms with Crippen LogP contribution in [0.15, 0.2) is 55.0 Å². The summed E-state index contributed by atoms with van der Waals surface area (Å²) >= 11 is 0. The zero-order valence-electron chi connectivity index (χ0n) is 28.8. The van der Waals surface area contributed by atoms with E-state index in [4.69, 9.17) is 14.5 Å². The van der Waals surface area contributed by atoms with E-state index in [1.54, 1.807) is 46.0 Å². The van der Waals surface area contributed by atoms with Crippen LogP contribution in [0.25, 0.3) is 50.3 Å². The van der Waals surface area contributed by atoms with E-state index in [2.05, 4.69) is 9.97 Å². The molecule has 0 radical (unpaired) electrons. The van der Waals surface area contributed by atoms with Gasteiger partial charge in [0.1, 0.15) is 11.3 Å². The minimum atomic E-state index is -4.58. The lowest BCUT2D eigenvalue weighted by Crippen LogP contribution is -2.28. The lowest BCUT2D eigenvalue weighted by atomic mass is 9.86. The van der Waals surface area contributed by atoms with Crippen LogP contribution in [-0.2, 0) is 29.2 Å². The Bertz CT molecular complexity index is 2370. The fourth-order valence-electron chi connectivity index (χ4n) is 6.87. The van der Waals surface area contributed by atoms with Crippen molar-refractivity contribution in [3.8, 4) is 39.4 Å². The van der Waals surface area contributed by atoms with Crippen LogP contribution in [0.1, 0.15) is 61.4 Å². The molecule has 7 rings (SSSR count). The lowest BCUT2D eigenvalue weighted by molar-refractivity contribution is -0.160. The summed E-state index contributed by atoms with van der Waals surface area (Å²) in [6, 6.07) is 10.1. The van der Waals surface area contributed by atoms with Crippen molar-refractivity contribution in [1.29, 1.82) is 0 Å². The van der Waals surface area contributed by atoms with Crippen molar-refractivity contribution in [2.75, 3.05) is 6.61 Å². The molecule has 9 nitrogen and oxygen atoms in total. The average molecular weight is 702 g/mol. The lowest BCUT2D eigenvalue weighted by Gasteiger charge is -2.29. The van der Waals surface area contributed by atoms with E-state index in [1.807, 2.05) is 30.7 Å². The number of carboxylic acids is 1. The molecular weight excluding hydrogens is 666 g/mol. The summed E-state index contributed by atoms with van der Waals surface area (Å²) < 4.78 is 70.8. The standard InChI is InChI=1S/C38H35F4N5O4/c1-19-23-8-7-13-50-33(23)26(39)16-24(19)32-25-17-28(46(6)35(25)44-20(2)31(32)34(36(48)49)51-37(3,4)5)22-9-11-43-27(14-22)21-10-12-47-18-29(38(40,41)42)45-30(47)15-21/h9-12,14-18,34H,7-8,13H2,1-6H3,(H,48,49)/t34-/m0/s1. The summed E-state index contributed by atoms with van der Waals surface area (Å²) in [6.45, 7) is 9.33. The fourth-order valence-corrected chi connectivity index (χ4v) is 6.87. The molecule has 0 bridgehead atoms. The van der Waals surface area contributed by atoms with E-state index in [0.29, 0.717) is 69.0 Å². The number of nitrogens with zero attached hydrogens (tertiary/aromatic N) is 5. The minimum absolute atomic E-state index is 0.122. The van der Waals surface area contributed by atoms with E-state index < -0.39 is 35.4 Å². The van der Waals surface area contributed by atoms with Crippen molar-refractivity contribution >= 4 is 22.6 Å². The number of imidazole rings is 1. The van der Waals surface area contributed by atoms with Gasteiger partial charge < -0.3 is 23.5 Å². The first kappa shape index (κ1) is 34.2. The molecule has 5 aromatic heterocycles. The maximum Gasteiger partial charge on any atom is 0.434 e. The molecule has 6 heterocycles. The first-order valence-electron chi connectivity index (χ1n) is 16.4. The van der Waals surface area contributed by atoms with Gasteiger partial charge in [0.25, 0.3) is 0 Å². The SMILES string of the molecule is Cc1nc2c(cc(-c3ccnc(-c4ccn5cc(C(F)(F)F)nc5c4)c3)n2C)c(-c2cc(F)c3c(c2C)CCCO3)c1[C@H](OC(C)(C)C)C(=O)O. The van der Waals surface area contributed by atoms with E-state index in [0.717, 1.165) is 23.7 Å². The quantitative estimate of drug-likeness (QED) is 0.173. The Balaban J connectivity index is 1.45. The number of alkyl halides is 3. The van der Waals surface area contributed by atoms with Gasteiger partial charge in [0.05, 0.1) is 23.6 Å². The molecule has 0 aliphatic carbocycles. The van der Waals surface area contributed by atoms with E-state index in [-0.39, 0.29) is 11.4 Å². The van der Waals surface area contributed by atoms with Crippen LogP contribution >= 0.6 is 0 Å². The predicted octanol–water partition coefficient (Wildman–Crippen LogP) is 8.66. The molecule has 1 aliphatic rings. The van der Waals surface area contributed by atoms with Crippen molar-refractivity contribution in [3.05, 3.63) is 88.9 Å². The van der Waals surface area contributed by atoms with E-state index >= 15 is 4.39 Å².